The van der Waals surface area contributed by atoms with E-state index < -0.39 is 11.9 Å². The van der Waals surface area contributed by atoms with Crippen molar-refractivity contribution in [2.45, 2.75) is 20.8 Å². The third-order valence-corrected chi connectivity index (χ3v) is 0. The molecule has 18 heavy (non-hydrogen) atoms. The molecule has 0 rings (SSSR count). The summed E-state index contributed by atoms with van der Waals surface area (Å²) in [5.41, 5.74) is 0. The largest absolute Gasteiger partial charge is 2.00 e. The van der Waals surface area contributed by atoms with Gasteiger partial charge in [0.05, 0.1) is 0 Å². The minimum absolute atomic E-state index is 0. The fraction of sp³-hybridized carbons (Fsp3) is 0.667. The van der Waals surface area contributed by atoms with E-state index in [1.165, 1.54) is 0 Å². The third kappa shape index (κ3) is 6070. The van der Waals surface area contributed by atoms with Gasteiger partial charge in [-0.05, 0) is 20.8 Å². The van der Waals surface area contributed by atoms with Crippen molar-refractivity contribution < 1.29 is 77.2 Å². The van der Waals surface area contributed by atoms with Crippen molar-refractivity contribution in [3.8, 4) is 0 Å². The minimum Gasteiger partial charge on any atom is -0.550 e. The van der Waals surface area contributed by atoms with Crippen LogP contribution in [0, 0.1) is 0 Å². The van der Waals surface area contributed by atoms with E-state index >= 15 is 0 Å². The van der Waals surface area contributed by atoms with E-state index in [2.05, 4.69) is 0 Å². The number of aliphatic hydroxyl groups is 1. The Morgan fingerprint density at radius 3 is 0.833 bits per heavy atom. The molecule has 0 aliphatic rings. The molecule has 0 aliphatic heterocycles. The zero-order chi connectivity index (χ0) is 9.86. The average Bonchev–Trinajstić information content (AvgIpc) is 1.60. The second kappa shape index (κ2) is 96.3. The van der Waals surface area contributed by atoms with Gasteiger partial charge in [-0.15, -0.1) is 0 Å². The number of carboxylic acids is 2. The molecular formula is C6H24O11Zn. The molecule has 0 spiro atoms. The number of carbonyl (C=O) groups is 2. The summed E-state index contributed by atoms with van der Waals surface area (Å²) in [4.78, 5) is 17.8. The van der Waals surface area contributed by atoms with Crippen LogP contribution in [0.25, 0.3) is 0 Å². The smallest absolute Gasteiger partial charge is 0.550 e. The number of carboxylic acid groups (broad SMARTS) is 2. The van der Waals surface area contributed by atoms with Gasteiger partial charge in [-0.2, -0.15) is 0 Å². The maximum Gasteiger partial charge on any atom is 2.00 e. The molecule has 0 aromatic carbocycles. The van der Waals surface area contributed by atoms with Gasteiger partial charge in [-0.1, -0.05) is 0 Å². The maximum atomic E-state index is 8.89. The molecule has 0 unspecified atom stereocenters. The summed E-state index contributed by atoms with van der Waals surface area (Å²) in [6.45, 7) is 3.88. The van der Waals surface area contributed by atoms with Crippen molar-refractivity contribution in [2.75, 3.05) is 6.61 Å². The molecule has 13 N–H and O–H groups in total. The predicted octanol–water partition coefficient (Wildman–Crippen LogP) is -7.44. The SMILES string of the molecule is CC(=O)[O-].CC(=O)[O-].CCO.O.O.O.O.O.O.[Zn+2]. The van der Waals surface area contributed by atoms with Crippen LogP contribution in [0.1, 0.15) is 20.8 Å². The van der Waals surface area contributed by atoms with Gasteiger partial charge in [-0.3, -0.25) is 0 Å². The van der Waals surface area contributed by atoms with Gasteiger partial charge in [0.25, 0.3) is 0 Å². The van der Waals surface area contributed by atoms with E-state index in [-0.39, 0.29) is 58.9 Å². The zero-order valence-corrected chi connectivity index (χ0v) is 13.5. The van der Waals surface area contributed by atoms with E-state index in [0.717, 1.165) is 13.8 Å². The fourth-order valence-electron chi connectivity index (χ4n) is 0. The molecule has 0 atom stereocenters. The Bertz CT molecular complexity index is 89.7. The minimum atomic E-state index is -1.08. The van der Waals surface area contributed by atoms with Gasteiger partial charge >= 0.3 is 19.5 Å². The van der Waals surface area contributed by atoms with Crippen molar-refractivity contribution in [2.24, 2.45) is 0 Å². The maximum absolute atomic E-state index is 8.89. The van der Waals surface area contributed by atoms with Crippen LogP contribution >= 0.6 is 0 Å². The fourth-order valence-corrected chi connectivity index (χ4v) is 0. The standard InChI is InChI=1S/2C2H4O2.C2H6O.6H2O.Zn/c2*1-2(3)4;1-2-3;;;;;;;/h2*1H3,(H,3,4);3H,2H2,1H3;6*1H2;/q;;;;;;;;;+2/p-2. The van der Waals surface area contributed by atoms with Crippen LogP contribution in [0.2, 0.25) is 0 Å². The Balaban J connectivity index is -0.00000000562. The second-order valence-corrected chi connectivity index (χ2v) is 1.30. The molecule has 116 valence electrons. The molecule has 0 heterocycles. The van der Waals surface area contributed by atoms with Gasteiger partial charge in [-0.25, -0.2) is 0 Å². The first-order valence-corrected chi connectivity index (χ1v) is 2.84. The second-order valence-electron chi connectivity index (χ2n) is 1.30. The van der Waals surface area contributed by atoms with Crippen molar-refractivity contribution in [3.63, 3.8) is 0 Å². The Hall–Kier alpha value is -0.717. The zero-order valence-electron chi connectivity index (χ0n) is 10.5. The first kappa shape index (κ1) is 86.4. The van der Waals surface area contributed by atoms with Crippen molar-refractivity contribution in [1.82, 2.24) is 0 Å². The van der Waals surface area contributed by atoms with Crippen LogP contribution in [0.5, 0.6) is 0 Å². The van der Waals surface area contributed by atoms with Crippen LogP contribution < -0.4 is 10.2 Å². The van der Waals surface area contributed by atoms with Gasteiger partial charge in [0.2, 0.25) is 0 Å². The number of aliphatic hydroxyl groups excluding tert-OH is 1. The van der Waals surface area contributed by atoms with E-state index in [1.54, 1.807) is 6.92 Å². The van der Waals surface area contributed by atoms with Gasteiger partial charge < -0.3 is 57.8 Å². The molecule has 0 bridgehead atoms. The molecule has 0 amide bonds. The van der Waals surface area contributed by atoms with Crippen molar-refractivity contribution in [3.05, 3.63) is 0 Å². The number of carbonyl (C=O) groups excluding carboxylic acids is 2. The summed E-state index contributed by atoms with van der Waals surface area (Å²) >= 11 is 0. The molecule has 0 aromatic rings. The van der Waals surface area contributed by atoms with Crippen molar-refractivity contribution >= 4 is 11.9 Å². The summed E-state index contributed by atoms with van der Waals surface area (Å²) in [7, 11) is 0. The first-order valence-electron chi connectivity index (χ1n) is 2.84. The number of hydrogen-bond donors (Lipinski definition) is 1. The molecule has 0 aromatic heterocycles. The topological polar surface area (TPSA) is 289 Å². The van der Waals surface area contributed by atoms with E-state index in [0.29, 0.717) is 0 Å². The quantitative estimate of drug-likeness (QED) is 0.419. The molecule has 0 radical (unpaired) electrons. The first-order chi connectivity index (χ1) is 4.88. The summed E-state index contributed by atoms with van der Waals surface area (Å²) in [6, 6.07) is 0. The number of rotatable bonds is 0. The molecule has 0 fully saturated rings. The van der Waals surface area contributed by atoms with E-state index in [9.17, 15) is 0 Å². The van der Waals surface area contributed by atoms with Crippen LogP contribution in [0.3, 0.4) is 0 Å². The van der Waals surface area contributed by atoms with Crippen LogP contribution in [0.15, 0.2) is 0 Å². The predicted molar refractivity (Wildman–Crippen MR) is 55.8 cm³/mol. The molecule has 11 nitrogen and oxygen atoms in total. The summed E-state index contributed by atoms with van der Waals surface area (Å²) in [5, 5.41) is 25.3. The van der Waals surface area contributed by atoms with Crippen LogP contribution in [-0.4, -0.2) is 56.5 Å². The van der Waals surface area contributed by atoms with Gasteiger partial charge in [0, 0.05) is 18.5 Å². The molecule has 0 saturated carbocycles. The van der Waals surface area contributed by atoms with E-state index in [1.807, 2.05) is 0 Å². The monoisotopic (exact) mass is 336 g/mol. The normalized spacial score (nSPS) is 3.78. The Morgan fingerprint density at radius 2 is 0.833 bits per heavy atom. The molecule has 12 heteroatoms. The summed E-state index contributed by atoms with van der Waals surface area (Å²) in [6.07, 6.45) is 0. The molecular weight excluding hydrogens is 313 g/mol. The number of hydrogen-bond acceptors (Lipinski definition) is 5. The molecule has 0 saturated heterocycles. The average molecular weight is 338 g/mol. The Kier molecular flexibility index (Phi) is 462. The molecule has 0 aliphatic carbocycles. The number of aliphatic carboxylic acids is 2. The Morgan fingerprint density at radius 1 is 0.833 bits per heavy atom. The van der Waals surface area contributed by atoms with Crippen LogP contribution in [-0.2, 0) is 29.1 Å². The third-order valence-electron chi connectivity index (χ3n) is 0. The Labute approximate surface area is 117 Å². The summed E-state index contributed by atoms with van der Waals surface area (Å²) in [5.74, 6) is -2.17. The summed E-state index contributed by atoms with van der Waals surface area (Å²) < 4.78 is 0. The van der Waals surface area contributed by atoms with Crippen LogP contribution in [0.4, 0.5) is 0 Å². The van der Waals surface area contributed by atoms with Gasteiger partial charge in [0.1, 0.15) is 0 Å². The van der Waals surface area contributed by atoms with Crippen molar-refractivity contribution in [1.29, 1.82) is 0 Å². The van der Waals surface area contributed by atoms with E-state index in [4.69, 9.17) is 24.9 Å². The van der Waals surface area contributed by atoms with Gasteiger partial charge in [0.15, 0.2) is 0 Å².